The number of hydrogen-bond acceptors (Lipinski definition) is 4. The molecule has 1 aromatic carbocycles. The number of anilines is 1. The van der Waals surface area contributed by atoms with Crippen molar-refractivity contribution in [2.75, 3.05) is 18.6 Å². The second kappa shape index (κ2) is 9.74. The first-order valence-corrected chi connectivity index (χ1v) is 15.8. The lowest BCUT2D eigenvalue weighted by Crippen LogP contribution is -2.62. The van der Waals surface area contributed by atoms with E-state index in [1.807, 2.05) is 7.11 Å². The quantitative estimate of drug-likeness (QED) is 0.503. The van der Waals surface area contributed by atoms with Crippen molar-refractivity contribution in [2.24, 2.45) is 46.3 Å². The molecule has 40 heavy (non-hydrogen) atoms. The fraction of sp³-hybridized carbons (Fsp3) is 0.788. The average Bonchev–Trinajstić information content (AvgIpc) is 3.63. The van der Waals surface area contributed by atoms with E-state index in [9.17, 15) is 23.8 Å². The summed E-state index contributed by atoms with van der Waals surface area (Å²) in [6.45, 7) is 2.85. The Morgan fingerprint density at radius 3 is 2.65 bits per heavy atom. The van der Waals surface area contributed by atoms with Crippen LogP contribution in [0, 0.1) is 58.0 Å². The number of hydrogen-bond donors (Lipinski definition) is 2. The Morgan fingerprint density at radius 1 is 1.05 bits per heavy atom. The molecule has 0 saturated heterocycles. The number of nitrogens with zero attached hydrogens (tertiary/aromatic N) is 1. The number of halogens is 2. The third kappa shape index (κ3) is 3.75. The lowest BCUT2D eigenvalue weighted by Gasteiger charge is -2.64. The van der Waals surface area contributed by atoms with Gasteiger partial charge in [-0.25, -0.2) is 8.78 Å². The molecule has 2 N–H and O–H groups in total. The second-order valence-electron chi connectivity index (χ2n) is 14.5. The molecule has 0 bridgehead atoms. The summed E-state index contributed by atoms with van der Waals surface area (Å²) in [7, 11) is 1.87. The van der Waals surface area contributed by atoms with E-state index < -0.39 is 11.6 Å². The Bertz CT molecular complexity index is 1180. The Labute approximate surface area is 236 Å². The fourth-order valence-corrected chi connectivity index (χ4v) is 11.7. The van der Waals surface area contributed by atoms with Crippen LogP contribution in [0.15, 0.2) is 12.1 Å². The van der Waals surface area contributed by atoms with E-state index in [2.05, 4.69) is 6.92 Å². The number of amides is 1. The van der Waals surface area contributed by atoms with Crippen LogP contribution in [-0.4, -0.2) is 48.1 Å². The normalized spacial score (nSPS) is 45.5. The van der Waals surface area contributed by atoms with Crippen molar-refractivity contribution >= 4 is 11.6 Å². The summed E-state index contributed by atoms with van der Waals surface area (Å²) in [6.07, 6.45) is 10.2. The fourth-order valence-electron chi connectivity index (χ4n) is 11.7. The number of ether oxygens (including phenoxy) is 1. The van der Waals surface area contributed by atoms with Crippen LogP contribution in [0.25, 0.3) is 0 Å². The average molecular weight is 558 g/mol. The lowest BCUT2D eigenvalue weighted by molar-refractivity contribution is -0.211. The van der Waals surface area contributed by atoms with Crippen LogP contribution < -0.4 is 4.90 Å². The maximum atomic E-state index is 14.3. The summed E-state index contributed by atoms with van der Waals surface area (Å²) < 4.78 is 34.4. The Balaban J connectivity index is 1.09. The van der Waals surface area contributed by atoms with Gasteiger partial charge in [0, 0.05) is 31.1 Å². The molecule has 0 aromatic heterocycles. The summed E-state index contributed by atoms with van der Waals surface area (Å²) in [5.74, 6) is 0.828. The number of aliphatic hydroxyl groups excluding tert-OH is 2. The van der Waals surface area contributed by atoms with Crippen LogP contribution in [0.4, 0.5) is 14.5 Å². The van der Waals surface area contributed by atoms with E-state index >= 15 is 0 Å². The van der Waals surface area contributed by atoms with Gasteiger partial charge in [0.05, 0.1) is 24.0 Å². The summed E-state index contributed by atoms with van der Waals surface area (Å²) in [4.78, 5) is 15.0. The number of methoxy groups -OCH3 is 1. The second-order valence-corrected chi connectivity index (χ2v) is 14.5. The third-order valence-corrected chi connectivity index (χ3v) is 13.4. The molecule has 1 amide bonds. The van der Waals surface area contributed by atoms with Crippen molar-refractivity contribution < 1.29 is 28.5 Å². The molecule has 5 nitrogen and oxygen atoms in total. The molecule has 220 valence electrons. The molecule has 1 aromatic rings. The minimum absolute atomic E-state index is 0.00779. The SMILES string of the molecule is CO[C@H]1C[C@H]2[C@@H]([C@H](O)C[C@@H]3C[C@H](O)CC[C@@]32C)[C@@H]2CC[C@@H]3[C@@H](CCC(=O)N4CCc5c4ccc(F)c5F)CC[C@@]132. The van der Waals surface area contributed by atoms with Gasteiger partial charge in [-0.15, -0.1) is 0 Å². The summed E-state index contributed by atoms with van der Waals surface area (Å²) in [5.41, 5.74) is 1.07. The number of rotatable bonds is 4. The van der Waals surface area contributed by atoms with Crippen molar-refractivity contribution in [3.8, 4) is 0 Å². The number of aliphatic hydroxyl groups is 2. The van der Waals surface area contributed by atoms with Crippen molar-refractivity contribution in [2.45, 2.75) is 102 Å². The minimum Gasteiger partial charge on any atom is -0.393 e. The summed E-state index contributed by atoms with van der Waals surface area (Å²) in [5, 5.41) is 22.0. The molecule has 5 fully saturated rings. The molecule has 7 rings (SSSR count). The topological polar surface area (TPSA) is 70.0 Å². The van der Waals surface area contributed by atoms with E-state index in [-0.39, 0.29) is 35.0 Å². The number of fused-ring (bicyclic) bond motifs is 5. The van der Waals surface area contributed by atoms with Gasteiger partial charge in [-0.05, 0) is 124 Å². The van der Waals surface area contributed by atoms with Crippen LogP contribution in [-0.2, 0) is 16.0 Å². The molecule has 5 saturated carbocycles. The summed E-state index contributed by atoms with van der Waals surface area (Å²) in [6, 6.07) is 2.66. The van der Waals surface area contributed by atoms with E-state index in [0.29, 0.717) is 66.1 Å². The van der Waals surface area contributed by atoms with Gasteiger partial charge in [-0.3, -0.25) is 4.79 Å². The van der Waals surface area contributed by atoms with Crippen molar-refractivity contribution in [1.82, 2.24) is 0 Å². The highest BCUT2D eigenvalue weighted by atomic mass is 19.2. The van der Waals surface area contributed by atoms with Crippen LogP contribution in [0.5, 0.6) is 0 Å². The number of carbonyl (C=O) groups excluding carboxylic acids is 1. The van der Waals surface area contributed by atoms with E-state index in [4.69, 9.17) is 4.74 Å². The van der Waals surface area contributed by atoms with E-state index in [1.54, 1.807) is 11.0 Å². The molecule has 1 heterocycles. The largest absolute Gasteiger partial charge is 0.393 e. The highest BCUT2D eigenvalue weighted by molar-refractivity contribution is 5.95. The molecular weight excluding hydrogens is 512 g/mol. The highest BCUT2D eigenvalue weighted by Gasteiger charge is 2.69. The van der Waals surface area contributed by atoms with E-state index in [0.717, 1.165) is 70.3 Å². The molecule has 0 radical (unpaired) electrons. The molecule has 5 aliphatic carbocycles. The first kappa shape index (κ1) is 27.3. The van der Waals surface area contributed by atoms with Gasteiger partial charge in [0.2, 0.25) is 5.91 Å². The first-order chi connectivity index (χ1) is 19.2. The third-order valence-electron chi connectivity index (χ3n) is 13.4. The van der Waals surface area contributed by atoms with Crippen LogP contribution in [0.2, 0.25) is 0 Å². The zero-order valence-corrected chi connectivity index (χ0v) is 24.0. The molecule has 1 spiro atoms. The van der Waals surface area contributed by atoms with Crippen molar-refractivity contribution in [1.29, 1.82) is 0 Å². The van der Waals surface area contributed by atoms with Crippen LogP contribution in [0.1, 0.15) is 83.1 Å². The zero-order valence-electron chi connectivity index (χ0n) is 24.0. The van der Waals surface area contributed by atoms with Crippen molar-refractivity contribution in [3.63, 3.8) is 0 Å². The molecular formula is C33H45F2NO4. The Kier molecular flexibility index (Phi) is 6.64. The van der Waals surface area contributed by atoms with Gasteiger partial charge >= 0.3 is 0 Å². The Hall–Kier alpha value is -1.57. The Morgan fingerprint density at radius 2 is 1.85 bits per heavy atom. The van der Waals surface area contributed by atoms with Gasteiger partial charge in [0.15, 0.2) is 11.6 Å². The van der Waals surface area contributed by atoms with Gasteiger partial charge in [0.1, 0.15) is 0 Å². The molecule has 11 atom stereocenters. The van der Waals surface area contributed by atoms with Crippen LogP contribution in [0.3, 0.4) is 0 Å². The van der Waals surface area contributed by atoms with Gasteiger partial charge in [-0.2, -0.15) is 0 Å². The van der Waals surface area contributed by atoms with Gasteiger partial charge in [0.25, 0.3) is 0 Å². The van der Waals surface area contributed by atoms with Crippen LogP contribution >= 0.6 is 0 Å². The molecule has 0 unspecified atom stereocenters. The predicted molar refractivity (Wildman–Crippen MR) is 147 cm³/mol. The standard InChI is InChI=1S/C33H45F2NO4/c1-32-12-10-20(37)15-19(32)16-27(38)30-23-5-4-22-18(9-13-33(22,23)28(40-2)17-24(30)32)3-8-29(39)36-14-11-21-26(36)7-6-25(34)31(21)35/h6-7,18-20,22-24,27-28,30,37-38H,3-5,8-17H2,1-2H3/t18-,19-,20+,22+,23-,24-,27+,28-,30-,32-,33+/m0/s1. The minimum atomic E-state index is -0.851. The zero-order chi connectivity index (χ0) is 28.0. The molecule has 6 aliphatic rings. The van der Waals surface area contributed by atoms with Gasteiger partial charge in [-0.1, -0.05) is 6.92 Å². The maximum absolute atomic E-state index is 14.3. The highest BCUT2D eigenvalue weighted by Crippen LogP contribution is 2.72. The maximum Gasteiger partial charge on any atom is 0.227 e. The van der Waals surface area contributed by atoms with Gasteiger partial charge < -0.3 is 19.8 Å². The van der Waals surface area contributed by atoms with Crippen molar-refractivity contribution in [3.05, 3.63) is 29.3 Å². The first-order valence-electron chi connectivity index (χ1n) is 15.8. The summed E-state index contributed by atoms with van der Waals surface area (Å²) >= 11 is 0. The predicted octanol–water partition coefficient (Wildman–Crippen LogP) is 5.64. The monoisotopic (exact) mass is 557 g/mol. The molecule has 1 aliphatic heterocycles. The molecule has 7 heteroatoms. The lowest BCUT2D eigenvalue weighted by atomic mass is 9.43. The number of benzene rings is 1. The smallest absolute Gasteiger partial charge is 0.227 e. The number of carbonyl (C=O) groups is 1. The van der Waals surface area contributed by atoms with E-state index in [1.165, 1.54) is 0 Å².